The van der Waals surface area contributed by atoms with E-state index in [0.29, 0.717) is 36.6 Å². The van der Waals surface area contributed by atoms with Gasteiger partial charge in [0.15, 0.2) is 11.2 Å². The minimum Gasteiger partial charge on any atom is -0.310 e. The second-order valence-corrected chi connectivity index (χ2v) is 7.94. The van der Waals surface area contributed by atoms with Crippen LogP contribution in [0.15, 0.2) is 64.2 Å². The Kier molecular flexibility index (Phi) is 4.73. The Morgan fingerprint density at radius 1 is 0.935 bits per heavy atom. The quantitative estimate of drug-likeness (QED) is 0.503. The van der Waals surface area contributed by atoms with Crippen molar-refractivity contribution in [2.45, 2.75) is 32.9 Å². The van der Waals surface area contributed by atoms with Gasteiger partial charge in [-0.05, 0) is 36.1 Å². The average molecular weight is 415 g/mol. The molecular weight excluding hydrogens is 390 g/mol. The van der Waals surface area contributed by atoms with Crippen molar-refractivity contribution in [3.63, 3.8) is 0 Å². The Hall–Kier alpha value is -3.61. The van der Waals surface area contributed by atoms with E-state index in [-0.39, 0.29) is 11.2 Å². The van der Waals surface area contributed by atoms with E-state index < -0.39 is 0 Å². The van der Waals surface area contributed by atoms with E-state index in [1.54, 1.807) is 7.05 Å². The van der Waals surface area contributed by atoms with E-state index in [1.165, 1.54) is 14.7 Å². The van der Waals surface area contributed by atoms with Gasteiger partial charge in [0.25, 0.3) is 5.56 Å². The highest BCUT2D eigenvalue weighted by Crippen LogP contribution is 2.31. The van der Waals surface area contributed by atoms with Crippen LogP contribution in [0, 0.1) is 0 Å². The molecule has 0 unspecified atom stereocenters. The summed E-state index contributed by atoms with van der Waals surface area (Å²) in [6.07, 6.45) is 1.61. The SMILES string of the molecule is CCc1ccc(N2CCn3c2nc2c3c(=O)n(CCc3ccccc3)c(=O)n2C)cc1. The Morgan fingerprint density at radius 2 is 1.68 bits per heavy atom. The number of nitrogens with zero attached hydrogens (tertiary/aromatic N) is 5. The zero-order valence-electron chi connectivity index (χ0n) is 17.8. The molecule has 4 aromatic rings. The van der Waals surface area contributed by atoms with Crippen LogP contribution in [0.5, 0.6) is 0 Å². The van der Waals surface area contributed by atoms with E-state index in [0.717, 1.165) is 24.2 Å². The van der Waals surface area contributed by atoms with Crippen LogP contribution < -0.4 is 16.1 Å². The van der Waals surface area contributed by atoms with Gasteiger partial charge in [0.1, 0.15) is 0 Å². The lowest BCUT2D eigenvalue weighted by atomic mass is 10.1. The third-order valence-electron chi connectivity index (χ3n) is 6.12. The van der Waals surface area contributed by atoms with Crippen LogP contribution >= 0.6 is 0 Å². The standard InChI is InChI=1S/C24H25N5O2/c1-3-17-9-11-19(12-10-17)27-15-16-28-20-21(25-23(27)28)26(2)24(31)29(22(20)30)14-13-18-7-5-4-6-8-18/h4-12H,3,13-16H2,1-2H3. The Labute approximate surface area is 179 Å². The van der Waals surface area contributed by atoms with Crippen molar-refractivity contribution >= 4 is 22.8 Å². The van der Waals surface area contributed by atoms with Crippen molar-refractivity contribution in [2.24, 2.45) is 7.05 Å². The summed E-state index contributed by atoms with van der Waals surface area (Å²) < 4.78 is 4.78. The van der Waals surface area contributed by atoms with Gasteiger partial charge in [0.2, 0.25) is 5.95 Å². The van der Waals surface area contributed by atoms with E-state index in [1.807, 2.05) is 34.9 Å². The minimum absolute atomic E-state index is 0.268. The van der Waals surface area contributed by atoms with Crippen LogP contribution in [0.2, 0.25) is 0 Å². The Morgan fingerprint density at radius 3 is 2.39 bits per heavy atom. The van der Waals surface area contributed by atoms with Crippen LogP contribution in [0.4, 0.5) is 11.6 Å². The van der Waals surface area contributed by atoms with Crippen LogP contribution in [0.3, 0.4) is 0 Å². The number of hydrogen-bond acceptors (Lipinski definition) is 4. The molecular formula is C24H25N5O2. The second kappa shape index (κ2) is 7.58. The first-order valence-corrected chi connectivity index (χ1v) is 10.7. The zero-order valence-corrected chi connectivity index (χ0v) is 17.8. The average Bonchev–Trinajstić information content (AvgIpc) is 3.38. The smallest absolute Gasteiger partial charge is 0.310 e. The molecule has 0 radical (unpaired) electrons. The predicted octanol–water partition coefficient (Wildman–Crippen LogP) is 2.85. The van der Waals surface area contributed by atoms with E-state index in [4.69, 9.17) is 4.98 Å². The van der Waals surface area contributed by atoms with Crippen molar-refractivity contribution in [3.8, 4) is 0 Å². The fraction of sp³-hybridized carbons (Fsp3) is 0.292. The van der Waals surface area contributed by atoms with Gasteiger partial charge in [-0.15, -0.1) is 0 Å². The molecule has 2 aromatic heterocycles. The van der Waals surface area contributed by atoms with Crippen LogP contribution in [-0.2, 0) is 33.0 Å². The number of anilines is 2. The molecule has 1 aliphatic rings. The first-order valence-electron chi connectivity index (χ1n) is 10.7. The summed E-state index contributed by atoms with van der Waals surface area (Å²) in [4.78, 5) is 33.1. The monoisotopic (exact) mass is 415 g/mol. The molecule has 7 heteroatoms. The van der Waals surface area contributed by atoms with Gasteiger partial charge in [-0.1, -0.05) is 49.4 Å². The highest BCUT2D eigenvalue weighted by molar-refractivity contribution is 5.77. The van der Waals surface area contributed by atoms with Crippen molar-refractivity contribution in [3.05, 3.63) is 86.6 Å². The first kappa shape index (κ1) is 19.4. The number of hydrogen-bond donors (Lipinski definition) is 0. The molecule has 1 aliphatic heterocycles. The summed E-state index contributed by atoms with van der Waals surface area (Å²) in [7, 11) is 1.69. The molecule has 0 bridgehead atoms. The summed E-state index contributed by atoms with van der Waals surface area (Å²) in [5.41, 5.74) is 3.76. The van der Waals surface area contributed by atoms with Gasteiger partial charge in [-0.2, -0.15) is 4.98 Å². The second-order valence-electron chi connectivity index (χ2n) is 7.94. The lowest BCUT2D eigenvalue weighted by Gasteiger charge is -2.16. The largest absolute Gasteiger partial charge is 0.332 e. The van der Waals surface area contributed by atoms with Gasteiger partial charge < -0.3 is 9.47 Å². The molecule has 0 amide bonds. The molecule has 2 aromatic carbocycles. The topological polar surface area (TPSA) is 65.1 Å². The van der Waals surface area contributed by atoms with Crippen LogP contribution in [0.25, 0.3) is 11.2 Å². The van der Waals surface area contributed by atoms with Gasteiger partial charge in [0, 0.05) is 32.4 Å². The molecule has 7 nitrogen and oxygen atoms in total. The molecule has 3 heterocycles. The summed E-state index contributed by atoms with van der Waals surface area (Å²) in [6.45, 7) is 3.88. The number of aromatic nitrogens is 4. The first-order chi connectivity index (χ1) is 15.1. The number of fused-ring (bicyclic) bond motifs is 3. The molecule has 0 aliphatic carbocycles. The molecule has 0 saturated carbocycles. The number of aryl methyl sites for hydroxylation is 3. The van der Waals surface area contributed by atoms with Gasteiger partial charge in [-0.25, -0.2) is 4.79 Å². The predicted molar refractivity (Wildman–Crippen MR) is 122 cm³/mol. The summed E-state index contributed by atoms with van der Waals surface area (Å²) >= 11 is 0. The number of benzene rings is 2. The lowest BCUT2D eigenvalue weighted by molar-refractivity contribution is 0.600. The van der Waals surface area contributed by atoms with Crippen molar-refractivity contribution < 1.29 is 0 Å². The normalized spacial score (nSPS) is 13.2. The fourth-order valence-corrected chi connectivity index (χ4v) is 4.32. The molecule has 0 saturated heterocycles. The maximum absolute atomic E-state index is 13.3. The maximum atomic E-state index is 13.3. The Bertz CT molecular complexity index is 1360. The van der Waals surface area contributed by atoms with E-state index >= 15 is 0 Å². The third-order valence-corrected chi connectivity index (χ3v) is 6.12. The van der Waals surface area contributed by atoms with Crippen LogP contribution in [0.1, 0.15) is 18.1 Å². The fourth-order valence-electron chi connectivity index (χ4n) is 4.32. The van der Waals surface area contributed by atoms with Crippen LogP contribution in [-0.4, -0.2) is 25.2 Å². The zero-order chi connectivity index (χ0) is 21.5. The van der Waals surface area contributed by atoms with Crippen molar-refractivity contribution in [1.29, 1.82) is 0 Å². The molecule has 158 valence electrons. The Balaban J connectivity index is 1.58. The van der Waals surface area contributed by atoms with Crippen molar-refractivity contribution in [1.82, 2.24) is 18.7 Å². The molecule has 5 rings (SSSR count). The highest BCUT2D eigenvalue weighted by atomic mass is 16.2. The maximum Gasteiger partial charge on any atom is 0.332 e. The molecule has 0 fully saturated rings. The third kappa shape index (κ3) is 3.17. The van der Waals surface area contributed by atoms with E-state index in [2.05, 4.69) is 36.1 Å². The number of rotatable bonds is 5. The highest BCUT2D eigenvalue weighted by Gasteiger charge is 2.28. The van der Waals surface area contributed by atoms with Gasteiger partial charge in [0.05, 0.1) is 0 Å². The molecule has 31 heavy (non-hydrogen) atoms. The summed E-state index contributed by atoms with van der Waals surface area (Å²) in [6, 6.07) is 18.3. The minimum atomic E-state index is -0.330. The van der Waals surface area contributed by atoms with Crippen molar-refractivity contribution in [2.75, 3.05) is 11.4 Å². The van der Waals surface area contributed by atoms with E-state index in [9.17, 15) is 9.59 Å². The molecule has 0 N–H and O–H groups in total. The molecule has 0 atom stereocenters. The van der Waals surface area contributed by atoms with Gasteiger partial charge >= 0.3 is 5.69 Å². The van der Waals surface area contributed by atoms with Gasteiger partial charge in [-0.3, -0.25) is 13.9 Å². The molecule has 0 spiro atoms. The summed E-state index contributed by atoms with van der Waals surface area (Å²) in [5, 5.41) is 0. The number of imidazole rings is 1. The lowest BCUT2D eigenvalue weighted by Crippen LogP contribution is -2.40. The summed E-state index contributed by atoms with van der Waals surface area (Å²) in [5.74, 6) is 0.715.